The molecule has 0 spiro atoms. The van der Waals surface area contributed by atoms with E-state index >= 15 is 0 Å². The SMILES string of the molecule is Cc1cc(F)ccc1C(N)c1cccc(C(F)(F)F)c1F. The highest BCUT2D eigenvalue weighted by Crippen LogP contribution is 2.35. The summed E-state index contributed by atoms with van der Waals surface area (Å²) in [6.07, 6.45) is -4.79. The molecular weight excluding hydrogens is 289 g/mol. The molecule has 1 nitrogen and oxygen atoms in total. The van der Waals surface area contributed by atoms with Gasteiger partial charge in [0.25, 0.3) is 0 Å². The van der Waals surface area contributed by atoms with Gasteiger partial charge in [-0.05, 0) is 36.2 Å². The Morgan fingerprint density at radius 3 is 2.24 bits per heavy atom. The maximum absolute atomic E-state index is 14.0. The van der Waals surface area contributed by atoms with Crippen LogP contribution < -0.4 is 5.73 Å². The quantitative estimate of drug-likeness (QED) is 0.820. The van der Waals surface area contributed by atoms with E-state index in [1.165, 1.54) is 18.2 Å². The molecule has 0 saturated carbocycles. The van der Waals surface area contributed by atoms with Crippen LogP contribution in [-0.4, -0.2) is 0 Å². The van der Waals surface area contributed by atoms with Crippen LogP contribution >= 0.6 is 0 Å². The maximum Gasteiger partial charge on any atom is 0.419 e. The second-order valence-electron chi connectivity index (χ2n) is 4.69. The first-order valence-electron chi connectivity index (χ1n) is 6.09. The first-order valence-corrected chi connectivity index (χ1v) is 6.09. The van der Waals surface area contributed by atoms with Crippen molar-refractivity contribution in [2.45, 2.75) is 19.1 Å². The van der Waals surface area contributed by atoms with Gasteiger partial charge in [0.05, 0.1) is 11.6 Å². The third-order valence-corrected chi connectivity index (χ3v) is 3.24. The summed E-state index contributed by atoms with van der Waals surface area (Å²) in [7, 11) is 0. The van der Waals surface area contributed by atoms with Gasteiger partial charge in [-0.25, -0.2) is 8.78 Å². The Morgan fingerprint density at radius 1 is 1.00 bits per heavy atom. The second kappa shape index (κ2) is 5.44. The van der Waals surface area contributed by atoms with Crippen LogP contribution in [0.2, 0.25) is 0 Å². The summed E-state index contributed by atoms with van der Waals surface area (Å²) in [6.45, 7) is 1.56. The van der Waals surface area contributed by atoms with Crippen LogP contribution in [0.3, 0.4) is 0 Å². The van der Waals surface area contributed by atoms with Crippen molar-refractivity contribution in [3.05, 3.63) is 70.3 Å². The van der Waals surface area contributed by atoms with E-state index in [2.05, 4.69) is 0 Å². The van der Waals surface area contributed by atoms with E-state index in [9.17, 15) is 22.0 Å². The molecule has 0 saturated heterocycles. The van der Waals surface area contributed by atoms with Gasteiger partial charge in [0, 0.05) is 5.56 Å². The van der Waals surface area contributed by atoms with E-state index in [-0.39, 0.29) is 5.56 Å². The largest absolute Gasteiger partial charge is 0.419 e. The monoisotopic (exact) mass is 301 g/mol. The number of aryl methyl sites for hydroxylation is 1. The minimum absolute atomic E-state index is 0.278. The topological polar surface area (TPSA) is 26.0 Å². The average Bonchev–Trinajstić information content (AvgIpc) is 2.37. The third-order valence-electron chi connectivity index (χ3n) is 3.24. The normalized spacial score (nSPS) is 13.3. The van der Waals surface area contributed by atoms with Crippen LogP contribution in [-0.2, 0) is 6.18 Å². The van der Waals surface area contributed by atoms with E-state index < -0.39 is 29.4 Å². The lowest BCUT2D eigenvalue weighted by molar-refractivity contribution is -0.140. The maximum atomic E-state index is 14.0. The Labute approximate surface area is 118 Å². The van der Waals surface area contributed by atoms with Crippen molar-refractivity contribution in [2.24, 2.45) is 5.73 Å². The molecule has 0 amide bonds. The molecule has 0 fully saturated rings. The van der Waals surface area contributed by atoms with Crippen molar-refractivity contribution < 1.29 is 22.0 Å². The molecule has 0 aliphatic rings. The molecule has 2 rings (SSSR count). The summed E-state index contributed by atoms with van der Waals surface area (Å²) in [4.78, 5) is 0. The summed E-state index contributed by atoms with van der Waals surface area (Å²) < 4.78 is 65.2. The summed E-state index contributed by atoms with van der Waals surface area (Å²) in [6, 6.07) is 5.51. The Morgan fingerprint density at radius 2 is 1.67 bits per heavy atom. The Balaban J connectivity index is 2.51. The van der Waals surface area contributed by atoms with Gasteiger partial charge in [0.2, 0.25) is 0 Å². The van der Waals surface area contributed by atoms with E-state index in [4.69, 9.17) is 5.73 Å². The van der Waals surface area contributed by atoms with E-state index in [0.29, 0.717) is 17.2 Å². The molecule has 6 heteroatoms. The number of nitrogens with two attached hydrogens (primary N) is 1. The Kier molecular flexibility index (Phi) is 4.00. The van der Waals surface area contributed by atoms with Crippen LogP contribution in [0.4, 0.5) is 22.0 Å². The number of halogens is 5. The van der Waals surface area contributed by atoms with Crippen LogP contribution in [0.1, 0.15) is 28.3 Å². The molecule has 0 bridgehead atoms. The van der Waals surface area contributed by atoms with Gasteiger partial charge in [0.1, 0.15) is 11.6 Å². The molecule has 112 valence electrons. The Hall–Kier alpha value is -1.95. The average molecular weight is 301 g/mol. The minimum atomic E-state index is -4.79. The molecule has 2 aromatic carbocycles. The van der Waals surface area contributed by atoms with Crippen LogP contribution in [0.25, 0.3) is 0 Å². The van der Waals surface area contributed by atoms with Gasteiger partial charge in [-0.3, -0.25) is 0 Å². The number of hydrogen-bond donors (Lipinski definition) is 1. The van der Waals surface area contributed by atoms with Crippen LogP contribution in [0, 0.1) is 18.6 Å². The van der Waals surface area contributed by atoms with Gasteiger partial charge in [-0.15, -0.1) is 0 Å². The van der Waals surface area contributed by atoms with E-state index in [1.807, 2.05) is 0 Å². The van der Waals surface area contributed by atoms with Crippen LogP contribution in [0.15, 0.2) is 36.4 Å². The first-order chi connectivity index (χ1) is 9.71. The van der Waals surface area contributed by atoms with Crippen molar-refractivity contribution in [3.63, 3.8) is 0 Å². The van der Waals surface area contributed by atoms with Crippen molar-refractivity contribution in [1.29, 1.82) is 0 Å². The van der Waals surface area contributed by atoms with Gasteiger partial charge in [-0.2, -0.15) is 13.2 Å². The lowest BCUT2D eigenvalue weighted by Gasteiger charge is -2.18. The fraction of sp³-hybridized carbons (Fsp3) is 0.200. The summed E-state index contributed by atoms with van der Waals surface area (Å²) in [5, 5.41) is 0. The van der Waals surface area contributed by atoms with E-state index in [0.717, 1.165) is 12.1 Å². The minimum Gasteiger partial charge on any atom is -0.320 e. The molecule has 2 N–H and O–H groups in total. The van der Waals surface area contributed by atoms with Gasteiger partial charge >= 0.3 is 6.18 Å². The molecule has 0 aromatic heterocycles. The van der Waals surface area contributed by atoms with Crippen molar-refractivity contribution in [1.82, 2.24) is 0 Å². The summed E-state index contributed by atoms with van der Waals surface area (Å²) in [5.41, 5.74) is 5.02. The smallest absolute Gasteiger partial charge is 0.320 e. The molecule has 0 heterocycles. The molecular formula is C15H12F5N. The number of benzene rings is 2. The zero-order valence-electron chi connectivity index (χ0n) is 11.0. The first kappa shape index (κ1) is 15.4. The molecule has 0 radical (unpaired) electrons. The predicted molar refractivity (Wildman–Crippen MR) is 68.6 cm³/mol. The molecule has 1 atom stereocenters. The van der Waals surface area contributed by atoms with Crippen molar-refractivity contribution >= 4 is 0 Å². The summed E-state index contributed by atoms with van der Waals surface area (Å²) in [5.74, 6) is -1.89. The molecule has 21 heavy (non-hydrogen) atoms. The van der Waals surface area contributed by atoms with Crippen molar-refractivity contribution in [2.75, 3.05) is 0 Å². The van der Waals surface area contributed by atoms with E-state index in [1.54, 1.807) is 6.92 Å². The highest BCUT2D eigenvalue weighted by atomic mass is 19.4. The lowest BCUT2D eigenvalue weighted by Crippen LogP contribution is -2.18. The highest BCUT2D eigenvalue weighted by molar-refractivity contribution is 5.39. The number of hydrogen-bond acceptors (Lipinski definition) is 1. The standard InChI is InChI=1S/C15H12F5N/c1-8-7-9(16)5-6-10(8)14(21)11-3-2-4-12(13(11)17)15(18,19)20/h2-7,14H,21H2,1H3. The Bertz CT molecular complexity index is 664. The van der Waals surface area contributed by atoms with Crippen molar-refractivity contribution in [3.8, 4) is 0 Å². The molecule has 1 unspecified atom stereocenters. The molecule has 0 aliphatic heterocycles. The van der Waals surface area contributed by atoms with Gasteiger partial charge < -0.3 is 5.73 Å². The second-order valence-corrected chi connectivity index (χ2v) is 4.69. The highest BCUT2D eigenvalue weighted by Gasteiger charge is 2.35. The van der Waals surface area contributed by atoms with Gasteiger partial charge in [-0.1, -0.05) is 18.2 Å². The molecule has 0 aliphatic carbocycles. The van der Waals surface area contributed by atoms with Crippen LogP contribution in [0.5, 0.6) is 0 Å². The third kappa shape index (κ3) is 3.05. The lowest BCUT2D eigenvalue weighted by atomic mass is 9.94. The molecule has 2 aromatic rings. The number of rotatable bonds is 2. The zero-order chi connectivity index (χ0) is 15.8. The van der Waals surface area contributed by atoms with Gasteiger partial charge in [0.15, 0.2) is 0 Å². The number of alkyl halides is 3. The summed E-state index contributed by atoms with van der Waals surface area (Å²) >= 11 is 0. The fourth-order valence-corrected chi connectivity index (χ4v) is 2.16. The fourth-order valence-electron chi connectivity index (χ4n) is 2.16. The zero-order valence-corrected chi connectivity index (χ0v) is 11.0. The predicted octanol–water partition coefficient (Wildman–Crippen LogP) is 4.34.